The van der Waals surface area contributed by atoms with Gasteiger partial charge < -0.3 is 0 Å². The second kappa shape index (κ2) is 5.55. The van der Waals surface area contributed by atoms with E-state index in [2.05, 4.69) is 15.4 Å². The number of pyridine rings is 1. The highest BCUT2D eigenvalue weighted by Crippen LogP contribution is 2.26. The average Bonchev–Trinajstić information content (AvgIpc) is 2.75. The molecule has 0 saturated heterocycles. The van der Waals surface area contributed by atoms with E-state index >= 15 is 0 Å². The molecule has 90 valence electrons. The lowest BCUT2D eigenvalue weighted by Crippen LogP contribution is -2.29. The summed E-state index contributed by atoms with van der Waals surface area (Å²) in [5, 5.41) is 0.662. The highest BCUT2D eigenvalue weighted by atomic mass is 35.5. The van der Waals surface area contributed by atoms with Crippen molar-refractivity contribution in [1.82, 2.24) is 15.4 Å². The lowest BCUT2D eigenvalue weighted by atomic mass is 10.1. The van der Waals surface area contributed by atoms with Crippen LogP contribution in [0.25, 0.3) is 0 Å². The van der Waals surface area contributed by atoms with Crippen molar-refractivity contribution < 1.29 is 0 Å². The topological polar surface area (TPSA) is 63.8 Å². The number of aromatic nitrogens is 2. The molecule has 0 bridgehead atoms. The third-order valence-electron chi connectivity index (χ3n) is 2.58. The first-order valence-corrected chi connectivity index (χ1v) is 6.42. The fourth-order valence-corrected chi connectivity index (χ4v) is 2.72. The lowest BCUT2D eigenvalue weighted by molar-refractivity contribution is 0.557. The Morgan fingerprint density at radius 3 is 3.00 bits per heavy atom. The van der Waals surface area contributed by atoms with Gasteiger partial charge in [0.25, 0.3) is 0 Å². The number of aryl methyl sites for hydroxylation is 1. The third-order valence-corrected chi connectivity index (χ3v) is 3.97. The summed E-state index contributed by atoms with van der Waals surface area (Å²) in [4.78, 5) is 9.33. The fraction of sp³-hybridized carbons (Fsp3) is 0.273. The van der Waals surface area contributed by atoms with Gasteiger partial charge in [0.1, 0.15) is 0 Å². The maximum atomic E-state index is 6.08. The molecule has 1 atom stereocenters. The number of nitrogens with two attached hydrogens (primary N) is 1. The summed E-state index contributed by atoms with van der Waals surface area (Å²) in [5.74, 6) is 5.60. The van der Waals surface area contributed by atoms with Crippen LogP contribution in [0, 0.1) is 6.92 Å². The normalized spacial score (nSPS) is 12.6. The second-order valence-electron chi connectivity index (χ2n) is 3.69. The molecule has 3 N–H and O–H groups in total. The molecule has 6 heteroatoms. The molecular weight excluding hydrogens is 256 g/mol. The Labute approximate surface area is 109 Å². The molecule has 2 aromatic rings. The first-order chi connectivity index (χ1) is 8.22. The van der Waals surface area contributed by atoms with E-state index in [0.29, 0.717) is 5.02 Å². The van der Waals surface area contributed by atoms with Gasteiger partial charge in [-0.3, -0.25) is 16.3 Å². The minimum Gasteiger partial charge on any atom is -0.271 e. The SMILES string of the molecule is Cc1ncsc1C(Cc1ccncc1Cl)NN. The van der Waals surface area contributed by atoms with Crippen molar-refractivity contribution >= 4 is 22.9 Å². The van der Waals surface area contributed by atoms with E-state index in [0.717, 1.165) is 22.6 Å². The zero-order valence-corrected chi connectivity index (χ0v) is 10.9. The van der Waals surface area contributed by atoms with E-state index in [1.165, 1.54) is 0 Å². The first kappa shape index (κ1) is 12.4. The quantitative estimate of drug-likeness (QED) is 0.659. The second-order valence-corrected chi connectivity index (χ2v) is 4.99. The lowest BCUT2D eigenvalue weighted by Gasteiger charge is -2.15. The van der Waals surface area contributed by atoms with E-state index in [9.17, 15) is 0 Å². The Balaban J connectivity index is 2.22. The Hall–Kier alpha value is -1.01. The predicted molar refractivity (Wildman–Crippen MR) is 69.9 cm³/mol. The molecule has 0 spiro atoms. The molecule has 2 rings (SSSR count). The maximum absolute atomic E-state index is 6.08. The molecule has 4 nitrogen and oxygen atoms in total. The largest absolute Gasteiger partial charge is 0.271 e. The van der Waals surface area contributed by atoms with Gasteiger partial charge in [-0.2, -0.15) is 0 Å². The molecule has 1 unspecified atom stereocenters. The highest BCUT2D eigenvalue weighted by molar-refractivity contribution is 7.09. The van der Waals surface area contributed by atoms with Gasteiger partial charge >= 0.3 is 0 Å². The monoisotopic (exact) mass is 268 g/mol. The van der Waals surface area contributed by atoms with Gasteiger partial charge in [0.2, 0.25) is 0 Å². The van der Waals surface area contributed by atoms with Crippen LogP contribution in [-0.4, -0.2) is 9.97 Å². The molecule has 2 aromatic heterocycles. The number of hydrogen-bond donors (Lipinski definition) is 2. The summed E-state index contributed by atoms with van der Waals surface area (Å²) in [6, 6.07) is 1.94. The molecule has 2 heterocycles. The van der Waals surface area contributed by atoms with Gasteiger partial charge in [0, 0.05) is 17.3 Å². The van der Waals surface area contributed by atoms with E-state index in [-0.39, 0.29) is 6.04 Å². The van der Waals surface area contributed by atoms with Crippen molar-refractivity contribution in [3.05, 3.63) is 45.1 Å². The number of nitrogens with zero attached hydrogens (tertiary/aromatic N) is 2. The number of halogens is 1. The summed E-state index contributed by atoms with van der Waals surface area (Å²) < 4.78 is 0. The maximum Gasteiger partial charge on any atom is 0.0798 e. The summed E-state index contributed by atoms with van der Waals surface area (Å²) in [5.41, 5.74) is 6.66. The minimum atomic E-state index is 0.0300. The van der Waals surface area contributed by atoms with Gasteiger partial charge in [0.05, 0.1) is 22.3 Å². The van der Waals surface area contributed by atoms with Crippen molar-refractivity contribution in [3.8, 4) is 0 Å². The van der Waals surface area contributed by atoms with Crippen LogP contribution in [0.4, 0.5) is 0 Å². The standard InChI is InChI=1S/C11H13ClN4S/c1-7-11(17-6-15-7)10(16-13)4-8-2-3-14-5-9(8)12/h2-3,5-6,10,16H,4,13H2,1H3. The van der Waals surface area contributed by atoms with Crippen molar-refractivity contribution in [2.75, 3.05) is 0 Å². The number of thiazole rings is 1. The minimum absolute atomic E-state index is 0.0300. The van der Waals surface area contributed by atoms with Crippen LogP contribution in [-0.2, 0) is 6.42 Å². The van der Waals surface area contributed by atoms with Gasteiger partial charge in [-0.05, 0) is 25.0 Å². The predicted octanol–water partition coefficient (Wildman–Crippen LogP) is 2.25. The van der Waals surface area contributed by atoms with E-state index in [1.807, 2.05) is 18.5 Å². The highest BCUT2D eigenvalue weighted by Gasteiger charge is 2.16. The van der Waals surface area contributed by atoms with E-state index in [4.69, 9.17) is 17.4 Å². The molecule has 0 aliphatic carbocycles. The molecule has 17 heavy (non-hydrogen) atoms. The fourth-order valence-electron chi connectivity index (χ4n) is 1.66. The van der Waals surface area contributed by atoms with E-state index in [1.54, 1.807) is 23.7 Å². The zero-order chi connectivity index (χ0) is 12.3. The molecule has 0 aliphatic rings. The molecular formula is C11H13ClN4S. The van der Waals surface area contributed by atoms with Crippen molar-refractivity contribution in [1.29, 1.82) is 0 Å². The van der Waals surface area contributed by atoms with Crippen LogP contribution in [0.2, 0.25) is 5.02 Å². The van der Waals surface area contributed by atoms with Crippen LogP contribution in [0.15, 0.2) is 24.0 Å². The number of hydrazine groups is 1. The van der Waals surface area contributed by atoms with Crippen LogP contribution < -0.4 is 11.3 Å². The van der Waals surface area contributed by atoms with Gasteiger partial charge in [-0.25, -0.2) is 4.98 Å². The molecule has 0 radical (unpaired) electrons. The van der Waals surface area contributed by atoms with Crippen LogP contribution in [0.5, 0.6) is 0 Å². The Morgan fingerprint density at radius 1 is 1.59 bits per heavy atom. The Morgan fingerprint density at radius 2 is 2.41 bits per heavy atom. The first-order valence-electron chi connectivity index (χ1n) is 5.17. The summed E-state index contributed by atoms with van der Waals surface area (Å²) in [7, 11) is 0. The van der Waals surface area contributed by atoms with Gasteiger partial charge in [0.15, 0.2) is 0 Å². The summed E-state index contributed by atoms with van der Waals surface area (Å²) >= 11 is 7.68. The molecule has 0 aromatic carbocycles. The van der Waals surface area contributed by atoms with Crippen LogP contribution in [0.1, 0.15) is 22.2 Å². The zero-order valence-electron chi connectivity index (χ0n) is 9.35. The molecule has 0 amide bonds. The van der Waals surface area contributed by atoms with Crippen molar-refractivity contribution in [2.45, 2.75) is 19.4 Å². The smallest absolute Gasteiger partial charge is 0.0798 e. The van der Waals surface area contributed by atoms with E-state index < -0.39 is 0 Å². The van der Waals surface area contributed by atoms with Crippen LogP contribution in [0.3, 0.4) is 0 Å². The number of nitrogens with one attached hydrogen (secondary N) is 1. The molecule has 0 fully saturated rings. The van der Waals surface area contributed by atoms with Crippen molar-refractivity contribution in [3.63, 3.8) is 0 Å². The van der Waals surface area contributed by atoms with Crippen molar-refractivity contribution in [2.24, 2.45) is 5.84 Å². The Bertz CT molecular complexity index is 500. The third kappa shape index (κ3) is 2.81. The van der Waals surface area contributed by atoms with Gasteiger partial charge in [-0.1, -0.05) is 11.6 Å². The van der Waals surface area contributed by atoms with Crippen LogP contribution >= 0.6 is 22.9 Å². The summed E-state index contributed by atoms with van der Waals surface area (Å²) in [6.07, 6.45) is 4.10. The number of hydrogen-bond acceptors (Lipinski definition) is 5. The molecule has 0 aliphatic heterocycles. The Kier molecular flexibility index (Phi) is 4.06. The summed E-state index contributed by atoms with van der Waals surface area (Å²) in [6.45, 7) is 1.98. The number of rotatable bonds is 4. The van der Waals surface area contributed by atoms with Gasteiger partial charge in [-0.15, -0.1) is 11.3 Å². The average molecular weight is 269 g/mol. The molecule has 0 saturated carbocycles.